The van der Waals surface area contributed by atoms with Crippen LogP contribution in [-0.4, -0.2) is 86.5 Å². The van der Waals surface area contributed by atoms with Crippen LogP contribution in [0, 0.1) is 0 Å². The number of benzene rings is 3. The first-order valence-corrected chi connectivity index (χ1v) is 13.8. The Kier molecular flexibility index (Phi) is 10.6. The average molecular weight is 562 g/mol. The highest BCUT2D eigenvalue weighted by molar-refractivity contribution is 6.33. The molecule has 1 saturated heterocycles. The van der Waals surface area contributed by atoms with E-state index in [1.807, 2.05) is 82.6 Å². The number of ether oxygens (including phenoxy) is 2. The van der Waals surface area contributed by atoms with E-state index in [4.69, 9.17) is 21.1 Å². The number of rotatable bonds is 11. The molecule has 1 aliphatic heterocycles. The van der Waals surface area contributed by atoms with Crippen molar-refractivity contribution in [3.63, 3.8) is 0 Å². The summed E-state index contributed by atoms with van der Waals surface area (Å²) in [5.41, 5.74) is 2.41. The summed E-state index contributed by atoms with van der Waals surface area (Å²) in [6.45, 7) is 4.54. The number of carbonyl (C=O) groups is 2. The van der Waals surface area contributed by atoms with Gasteiger partial charge in [-0.25, -0.2) is 0 Å². The van der Waals surface area contributed by atoms with Crippen LogP contribution in [0.4, 0.5) is 0 Å². The third-order valence-electron chi connectivity index (χ3n) is 7.08. The predicted octanol–water partition coefficient (Wildman–Crippen LogP) is 4.90. The third kappa shape index (κ3) is 7.87. The first-order valence-electron chi connectivity index (χ1n) is 13.4. The molecule has 1 fully saturated rings. The van der Waals surface area contributed by atoms with E-state index in [-0.39, 0.29) is 11.8 Å². The van der Waals surface area contributed by atoms with Crippen LogP contribution in [0.3, 0.4) is 0 Å². The maximum absolute atomic E-state index is 13.5. The molecule has 2 amide bonds. The monoisotopic (exact) mass is 561 g/mol. The Bertz CT molecular complexity index is 1300. The smallest absolute Gasteiger partial charge is 0.255 e. The van der Waals surface area contributed by atoms with E-state index in [1.54, 1.807) is 26.4 Å². The van der Waals surface area contributed by atoms with Gasteiger partial charge in [0.2, 0.25) is 5.91 Å². The zero-order valence-corrected chi connectivity index (χ0v) is 23.8. The van der Waals surface area contributed by atoms with Gasteiger partial charge in [0.25, 0.3) is 5.91 Å². The minimum absolute atomic E-state index is 0.108. The standard InChI is InChI=1S/C32H36ClN3O4/c1-39-27-15-13-25(14-16-27)24-31(37)35-21-18-34(19-22-35)20-23-36(32(38)28-10-4-5-11-29(28)33)17-7-9-26-8-3-6-12-30(26)40-2/h3-16H,17-24H2,1-2H3/b9-7+. The van der Waals surface area contributed by atoms with Gasteiger partial charge in [-0.3, -0.25) is 14.5 Å². The van der Waals surface area contributed by atoms with E-state index < -0.39 is 0 Å². The van der Waals surface area contributed by atoms with Crippen molar-refractivity contribution < 1.29 is 19.1 Å². The van der Waals surface area contributed by atoms with E-state index in [9.17, 15) is 9.59 Å². The molecule has 7 nitrogen and oxygen atoms in total. The molecule has 0 unspecified atom stereocenters. The van der Waals surface area contributed by atoms with Crippen molar-refractivity contribution in [2.75, 3.05) is 60.0 Å². The number of methoxy groups -OCH3 is 2. The van der Waals surface area contributed by atoms with Gasteiger partial charge in [0.15, 0.2) is 0 Å². The summed E-state index contributed by atoms with van der Waals surface area (Å²) in [5, 5.41) is 0.440. The van der Waals surface area contributed by atoms with Gasteiger partial charge in [-0.2, -0.15) is 0 Å². The second kappa shape index (κ2) is 14.5. The van der Waals surface area contributed by atoms with E-state index in [1.165, 1.54) is 0 Å². The molecule has 4 rings (SSSR count). The third-order valence-corrected chi connectivity index (χ3v) is 7.41. The van der Waals surface area contributed by atoms with Crippen molar-refractivity contribution in [3.05, 3.63) is 101 Å². The molecule has 40 heavy (non-hydrogen) atoms. The van der Waals surface area contributed by atoms with Gasteiger partial charge in [0.1, 0.15) is 11.5 Å². The molecule has 0 aliphatic carbocycles. The van der Waals surface area contributed by atoms with E-state index in [0.717, 1.165) is 35.7 Å². The molecule has 0 aromatic heterocycles. The molecule has 0 radical (unpaired) electrons. The fourth-order valence-electron chi connectivity index (χ4n) is 4.70. The van der Waals surface area contributed by atoms with Crippen LogP contribution < -0.4 is 9.47 Å². The Labute approximate surface area is 241 Å². The molecule has 3 aromatic carbocycles. The van der Waals surface area contributed by atoms with Gasteiger partial charge < -0.3 is 19.3 Å². The largest absolute Gasteiger partial charge is 0.497 e. The average Bonchev–Trinajstić information content (AvgIpc) is 2.99. The van der Waals surface area contributed by atoms with Crippen molar-refractivity contribution in [2.45, 2.75) is 6.42 Å². The Morgan fingerprint density at radius 1 is 0.900 bits per heavy atom. The second-order valence-electron chi connectivity index (χ2n) is 9.62. The lowest BCUT2D eigenvalue weighted by Crippen LogP contribution is -2.51. The highest BCUT2D eigenvalue weighted by atomic mass is 35.5. The first kappa shape index (κ1) is 29.2. The fourth-order valence-corrected chi connectivity index (χ4v) is 4.92. The lowest BCUT2D eigenvalue weighted by molar-refractivity contribution is -0.132. The lowest BCUT2D eigenvalue weighted by atomic mass is 10.1. The molecule has 0 bridgehead atoms. The summed E-state index contributed by atoms with van der Waals surface area (Å²) in [4.78, 5) is 32.3. The van der Waals surface area contributed by atoms with Crippen molar-refractivity contribution >= 4 is 29.5 Å². The molecule has 1 heterocycles. The highest BCUT2D eigenvalue weighted by Crippen LogP contribution is 2.20. The molecule has 0 saturated carbocycles. The number of halogens is 1. The Morgan fingerprint density at radius 2 is 1.60 bits per heavy atom. The summed E-state index contributed by atoms with van der Waals surface area (Å²) in [6, 6.07) is 22.5. The first-order chi connectivity index (χ1) is 19.5. The molecular weight excluding hydrogens is 526 g/mol. The maximum atomic E-state index is 13.5. The zero-order chi connectivity index (χ0) is 28.3. The van der Waals surface area contributed by atoms with E-state index >= 15 is 0 Å². The molecule has 0 atom stereocenters. The fraction of sp³-hybridized carbons (Fsp3) is 0.312. The molecular formula is C32H36ClN3O4. The Morgan fingerprint density at radius 3 is 2.30 bits per heavy atom. The minimum Gasteiger partial charge on any atom is -0.497 e. The Hall–Kier alpha value is -3.81. The number of para-hydroxylation sites is 1. The van der Waals surface area contributed by atoms with Crippen LogP contribution in [-0.2, 0) is 11.2 Å². The topological polar surface area (TPSA) is 62.3 Å². The van der Waals surface area contributed by atoms with Gasteiger partial charge in [0, 0.05) is 51.4 Å². The van der Waals surface area contributed by atoms with Gasteiger partial charge in [-0.15, -0.1) is 0 Å². The molecule has 3 aromatic rings. The summed E-state index contributed by atoms with van der Waals surface area (Å²) < 4.78 is 10.6. The number of piperazine rings is 1. The molecule has 8 heteroatoms. The normalized spacial score (nSPS) is 13.8. The maximum Gasteiger partial charge on any atom is 0.255 e. The lowest BCUT2D eigenvalue weighted by Gasteiger charge is -2.36. The van der Waals surface area contributed by atoms with Crippen molar-refractivity contribution in [1.29, 1.82) is 0 Å². The second-order valence-corrected chi connectivity index (χ2v) is 10.0. The minimum atomic E-state index is -0.108. The van der Waals surface area contributed by atoms with Gasteiger partial charge in [-0.1, -0.05) is 66.2 Å². The van der Waals surface area contributed by atoms with E-state index in [2.05, 4.69) is 4.90 Å². The van der Waals surface area contributed by atoms with Crippen molar-refractivity contribution in [3.8, 4) is 11.5 Å². The van der Waals surface area contributed by atoms with Crippen molar-refractivity contribution in [2.24, 2.45) is 0 Å². The molecule has 0 N–H and O–H groups in total. The zero-order valence-electron chi connectivity index (χ0n) is 23.1. The van der Waals surface area contributed by atoms with E-state index in [0.29, 0.717) is 49.7 Å². The van der Waals surface area contributed by atoms with Gasteiger partial charge >= 0.3 is 0 Å². The SMILES string of the molecule is COc1ccc(CC(=O)N2CCN(CCN(C/C=C/c3ccccc3OC)C(=O)c3ccccc3Cl)CC2)cc1. The van der Waals surface area contributed by atoms with Gasteiger partial charge in [0.05, 0.1) is 31.2 Å². The molecule has 210 valence electrons. The van der Waals surface area contributed by atoms with Crippen LogP contribution in [0.5, 0.6) is 11.5 Å². The summed E-state index contributed by atoms with van der Waals surface area (Å²) in [7, 11) is 3.27. The number of hydrogen-bond donors (Lipinski definition) is 0. The quantitative estimate of drug-likeness (QED) is 0.333. The summed E-state index contributed by atoms with van der Waals surface area (Å²) >= 11 is 6.36. The van der Waals surface area contributed by atoms with Crippen LogP contribution in [0.25, 0.3) is 6.08 Å². The number of hydrogen-bond acceptors (Lipinski definition) is 5. The summed E-state index contributed by atoms with van der Waals surface area (Å²) in [5.74, 6) is 1.58. The van der Waals surface area contributed by atoms with Crippen LogP contribution >= 0.6 is 11.6 Å². The molecule has 1 aliphatic rings. The number of carbonyl (C=O) groups excluding carboxylic acids is 2. The highest BCUT2D eigenvalue weighted by Gasteiger charge is 2.23. The predicted molar refractivity (Wildman–Crippen MR) is 159 cm³/mol. The number of nitrogens with zero attached hydrogens (tertiary/aromatic N) is 3. The summed E-state index contributed by atoms with van der Waals surface area (Å²) in [6.07, 6.45) is 4.32. The molecule has 0 spiro atoms. The van der Waals surface area contributed by atoms with Crippen LogP contribution in [0.2, 0.25) is 5.02 Å². The van der Waals surface area contributed by atoms with Crippen LogP contribution in [0.1, 0.15) is 21.5 Å². The van der Waals surface area contributed by atoms with Crippen molar-refractivity contribution in [1.82, 2.24) is 14.7 Å². The van der Waals surface area contributed by atoms with Gasteiger partial charge in [-0.05, 0) is 35.9 Å². The number of amides is 2. The van der Waals surface area contributed by atoms with Crippen LogP contribution in [0.15, 0.2) is 78.9 Å². The Balaban J connectivity index is 1.34.